The first-order chi connectivity index (χ1) is 6.86. The molecule has 1 rings (SSSR count). The van der Waals surface area contributed by atoms with Crippen molar-refractivity contribution in [3.8, 4) is 0 Å². The molecule has 1 heterocycles. The summed E-state index contributed by atoms with van der Waals surface area (Å²) in [6.07, 6.45) is 2.99. The molecular weight excluding hydrogens is 180 g/mol. The fourth-order valence-corrected chi connectivity index (χ4v) is 1.13. The topological polar surface area (TPSA) is 52.0 Å². The Morgan fingerprint density at radius 3 is 3.07 bits per heavy atom. The van der Waals surface area contributed by atoms with Gasteiger partial charge in [0.05, 0.1) is 5.69 Å². The highest BCUT2D eigenvalue weighted by Crippen LogP contribution is 1.91. The van der Waals surface area contributed by atoms with E-state index in [-0.39, 0.29) is 0 Å². The molecule has 5 nitrogen and oxygen atoms in total. The lowest BCUT2D eigenvalue weighted by Crippen LogP contribution is -2.16. The Morgan fingerprint density at radius 2 is 2.43 bits per heavy atom. The summed E-state index contributed by atoms with van der Waals surface area (Å²) in [5, 5.41) is 11.3. The molecule has 0 aliphatic carbocycles. The summed E-state index contributed by atoms with van der Waals surface area (Å²) in [7, 11) is 1.72. The van der Waals surface area contributed by atoms with E-state index in [2.05, 4.69) is 15.6 Å². The summed E-state index contributed by atoms with van der Waals surface area (Å²) in [5.41, 5.74) is 0.990. The van der Waals surface area contributed by atoms with Crippen molar-refractivity contribution in [3.05, 3.63) is 11.9 Å². The van der Waals surface area contributed by atoms with E-state index >= 15 is 0 Å². The molecule has 0 radical (unpaired) electrons. The van der Waals surface area contributed by atoms with Crippen LogP contribution in [-0.4, -0.2) is 35.3 Å². The lowest BCUT2D eigenvalue weighted by molar-refractivity contribution is 0.194. The smallest absolute Gasteiger partial charge is 0.0964 e. The van der Waals surface area contributed by atoms with Gasteiger partial charge in [-0.25, -0.2) is 0 Å². The van der Waals surface area contributed by atoms with Crippen molar-refractivity contribution in [3.63, 3.8) is 0 Å². The van der Waals surface area contributed by atoms with Gasteiger partial charge in [0, 0.05) is 33.0 Å². The maximum absolute atomic E-state index is 4.94. The van der Waals surface area contributed by atoms with Gasteiger partial charge in [0.2, 0.25) is 0 Å². The van der Waals surface area contributed by atoms with Gasteiger partial charge in [0.1, 0.15) is 0 Å². The summed E-state index contributed by atoms with van der Waals surface area (Å²) >= 11 is 0. The highest BCUT2D eigenvalue weighted by Gasteiger charge is 1.97. The SMILES string of the molecule is CCn1cc(CNCCCOC)nn1. The van der Waals surface area contributed by atoms with Crippen molar-refractivity contribution in [1.29, 1.82) is 0 Å². The fraction of sp³-hybridized carbons (Fsp3) is 0.778. The van der Waals surface area contributed by atoms with E-state index in [1.807, 2.05) is 17.8 Å². The van der Waals surface area contributed by atoms with Gasteiger partial charge < -0.3 is 10.1 Å². The predicted molar refractivity (Wildman–Crippen MR) is 53.9 cm³/mol. The lowest BCUT2D eigenvalue weighted by Gasteiger charge is -2.00. The lowest BCUT2D eigenvalue weighted by atomic mass is 10.4. The molecule has 0 spiro atoms. The molecule has 0 aromatic carbocycles. The second-order valence-electron chi connectivity index (χ2n) is 3.09. The molecule has 5 heteroatoms. The van der Waals surface area contributed by atoms with Gasteiger partial charge in [-0.15, -0.1) is 5.10 Å². The first-order valence-electron chi connectivity index (χ1n) is 4.95. The third-order valence-corrected chi connectivity index (χ3v) is 1.92. The van der Waals surface area contributed by atoms with Gasteiger partial charge in [-0.1, -0.05) is 5.21 Å². The van der Waals surface area contributed by atoms with Gasteiger partial charge >= 0.3 is 0 Å². The van der Waals surface area contributed by atoms with Gasteiger partial charge in [-0.3, -0.25) is 4.68 Å². The van der Waals surface area contributed by atoms with Gasteiger partial charge in [-0.05, 0) is 19.9 Å². The van der Waals surface area contributed by atoms with Crippen LogP contribution in [0.5, 0.6) is 0 Å². The minimum absolute atomic E-state index is 0.781. The summed E-state index contributed by atoms with van der Waals surface area (Å²) < 4.78 is 6.77. The minimum Gasteiger partial charge on any atom is -0.385 e. The van der Waals surface area contributed by atoms with Crippen molar-refractivity contribution >= 4 is 0 Å². The quantitative estimate of drug-likeness (QED) is 0.645. The van der Waals surface area contributed by atoms with E-state index in [4.69, 9.17) is 4.74 Å². The van der Waals surface area contributed by atoms with E-state index in [1.165, 1.54) is 0 Å². The molecule has 0 saturated carbocycles. The van der Waals surface area contributed by atoms with Crippen molar-refractivity contribution in [2.45, 2.75) is 26.4 Å². The second-order valence-corrected chi connectivity index (χ2v) is 3.09. The zero-order valence-corrected chi connectivity index (χ0v) is 8.86. The predicted octanol–water partition coefficient (Wildman–Crippen LogP) is 0.424. The van der Waals surface area contributed by atoms with E-state index in [0.717, 1.165) is 38.4 Å². The van der Waals surface area contributed by atoms with Crippen LogP contribution in [0.25, 0.3) is 0 Å². The number of ether oxygens (including phenoxy) is 1. The monoisotopic (exact) mass is 198 g/mol. The first-order valence-corrected chi connectivity index (χ1v) is 4.95. The van der Waals surface area contributed by atoms with Crippen LogP contribution in [0.4, 0.5) is 0 Å². The van der Waals surface area contributed by atoms with Crippen LogP contribution in [0.3, 0.4) is 0 Å². The fourth-order valence-electron chi connectivity index (χ4n) is 1.13. The molecular formula is C9H18N4O. The average molecular weight is 198 g/mol. The first kappa shape index (κ1) is 11.1. The van der Waals surface area contributed by atoms with Gasteiger partial charge in [-0.2, -0.15) is 0 Å². The minimum atomic E-state index is 0.781. The van der Waals surface area contributed by atoms with Crippen LogP contribution in [0.2, 0.25) is 0 Å². The summed E-state index contributed by atoms with van der Waals surface area (Å²) in [6.45, 7) is 5.45. The number of nitrogens with zero attached hydrogens (tertiary/aromatic N) is 3. The Bertz CT molecular complexity index is 249. The van der Waals surface area contributed by atoms with E-state index < -0.39 is 0 Å². The Hall–Kier alpha value is -0.940. The Labute approximate surface area is 84.4 Å². The van der Waals surface area contributed by atoms with Crippen LogP contribution in [0, 0.1) is 0 Å². The Morgan fingerprint density at radius 1 is 1.57 bits per heavy atom. The highest BCUT2D eigenvalue weighted by atomic mass is 16.5. The average Bonchev–Trinajstić information content (AvgIpc) is 2.65. The molecule has 0 bridgehead atoms. The standard InChI is InChI=1S/C9H18N4O/c1-3-13-8-9(11-12-13)7-10-5-4-6-14-2/h8,10H,3-7H2,1-2H3. The zero-order chi connectivity index (χ0) is 10.2. The third-order valence-electron chi connectivity index (χ3n) is 1.92. The Balaban J connectivity index is 2.12. The molecule has 1 aromatic rings. The molecule has 80 valence electrons. The van der Waals surface area contributed by atoms with Crippen molar-refractivity contribution in [2.24, 2.45) is 0 Å². The van der Waals surface area contributed by atoms with Crippen LogP contribution in [-0.2, 0) is 17.8 Å². The molecule has 0 fully saturated rings. The molecule has 14 heavy (non-hydrogen) atoms. The molecule has 0 aliphatic heterocycles. The van der Waals surface area contributed by atoms with Crippen LogP contribution in [0.15, 0.2) is 6.20 Å². The van der Waals surface area contributed by atoms with Crippen LogP contribution in [0.1, 0.15) is 19.0 Å². The molecule has 1 aromatic heterocycles. The highest BCUT2D eigenvalue weighted by molar-refractivity contribution is 4.91. The number of nitrogens with one attached hydrogen (secondary N) is 1. The molecule has 0 amide bonds. The summed E-state index contributed by atoms with van der Waals surface area (Å²) in [5.74, 6) is 0. The normalized spacial score (nSPS) is 10.7. The molecule has 1 N–H and O–H groups in total. The van der Waals surface area contributed by atoms with Gasteiger partial charge in [0.15, 0.2) is 0 Å². The maximum Gasteiger partial charge on any atom is 0.0964 e. The largest absolute Gasteiger partial charge is 0.385 e. The second kappa shape index (κ2) is 6.50. The number of hydrogen-bond donors (Lipinski definition) is 1. The Kier molecular flexibility index (Phi) is 5.17. The van der Waals surface area contributed by atoms with Crippen molar-refractivity contribution in [2.75, 3.05) is 20.3 Å². The van der Waals surface area contributed by atoms with Gasteiger partial charge in [0.25, 0.3) is 0 Å². The van der Waals surface area contributed by atoms with Crippen molar-refractivity contribution < 1.29 is 4.74 Å². The molecule has 0 saturated heterocycles. The maximum atomic E-state index is 4.94. The molecule has 0 atom stereocenters. The third kappa shape index (κ3) is 3.85. The number of aromatic nitrogens is 3. The van der Waals surface area contributed by atoms with Crippen LogP contribution >= 0.6 is 0 Å². The molecule has 0 unspecified atom stereocenters. The number of aryl methyl sites for hydroxylation is 1. The zero-order valence-electron chi connectivity index (χ0n) is 8.86. The van der Waals surface area contributed by atoms with E-state index in [0.29, 0.717) is 0 Å². The number of rotatable bonds is 7. The summed E-state index contributed by atoms with van der Waals surface area (Å²) in [4.78, 5) is 0. The van der Waals surface area contributed by atoms with Crippen molar-refractivity contribution in [1.82, 2.24) is 20.3 Å². The number of methoxy groups -OCH3 is 1. The van der Waals surface area contributed by atoms with E-state index in [9.17, 15) is 0 Å². The number of hydrogen-bond acceptors (Lipinski definition) is 4. The summed E-state index contributed by atoms with van der Waals surface area (Å²) in [6, 6.07) is 0. The molecule has 0 aliphatic rings. The van der Waals surface area contributed by atoms with Crippen LogP contribution < -0.4 is 5.32 Å². The van der Waals surface area contributed by atoms with E-state index in [1.54, 1.807) is 7.11 Å².